The number of carbonyl (C=O) groups is 1. The maximum atomic E-state index is 13.0. The van der Waals surface area contributed by atoms with Gasteiger partial charge in [0.1, 0.15) is 12.6 Å². The van der Waals surface area contributed by atoms with Crippen LogP contribution in [0.5, 0.6) is 0 Å². The van der Waals surface area contributed by atoms with Gasteiger partial charge >= 0.3 is 12.3 Å². The molecule has 2 rings (SSSR count). The van der Waals surface area contributed by atoms with E-state index in [0.717, 1.165) is 5.56 Å². The number of nitrogens with one attached hydrogen (secondary N) is 2. The van der Waals surface area contributed by atoms with Crippen molar-refractivity contribution in [3.63, 3.8) is 0 Å². The van der Waals surface area contributed by atoms with E-state index in [2.05, 4.69) is 5.32 Å². The van der Waals surface area contributed by atoms with Gasteiger partial charge in [-0.1, -0.05) is 30.3 Å². The fourth-order valence-electron chi connectivity index (χ4n) is 2.32. The van der Waals surface area contributed by atoms with Crippen LogP contribution in [0.1, 0.15) is 12.0 Å². The van der Waals surface area contributed by atoms with Crippen molar-refractivity contribution < 1.29 is 22.7 Å². The average Bonchev–Trinajstić information content (AvgIpc) is 2.96. The monoisotopic (exact) mass is 302 g/mol. The van der Waals surface area contributed by atoms with Crippen molar-refractivity contribution in [2.24, 2.45) is 5.92 Å². The van der Waals surface area contributed by atoms with Gasteiger partial charge in [0.05, 0.1) is 0 Å². The third kappa shape index (κ3) is 4.63. The predicted octanol–water partition coefficient (Wildman–Crippen LogP) is 2.45. The molecule has 2 atom stereocenters. The Morgan fingerprint density at radius 2 is 2.10 bits per heavy atom. The first kappa shape index (κ1) is 15.6. The highest BCUT2D eigenvalue weighted by Gasteiger charge is 2.46. The van der Waals surface area contributed by atoms with Gasteiger partial charge in [-0.15, -0.1) is 0 Å². The number of amides is 1. The molecule has 0 aliphatic carbocycles. The predicted molar refractivity (Wildman–Crippen MR) is 70.6 cm³/mol. The van der Waals surface area contributed by atoms with Gasteiger partial charge in [0.15, 0.2) is 0 Å². The molecule has 1 aliphatic heterocycles. The Balaban J connectivity index is 1.89. The van der Waals surface area contributed by atoms with Crippen molar-refractivity contribution in [3.05, 3.63) is 35.9 Å². The van der Waals surface area contributed by atoms with Crippen LogP contribution in [0.15, 0.2) is 30.3 Å². The van der Waals surface area contributed by atoms with Crippen LogP contribution in [0.4, 0.5) is 18.0 Å². The molecule has 1 aromatic rings. The van der Waals surface area contributed by atoms with E-state index in [-0.39, 0.29) is 13.2 Å². The normalized spacial score (nSPS) is 20.0. The molecule has 0 saturated carbocycles. The zero-order chi connectivity index (χ0) is 15.3. The van der Waals surface area contributed by atoms with Crippen LogP contribution in [0, 0.1) is 5.92 Å². The lowest BCUT2D eigenvalue weighted by Crippen LogP contribution is -2.50. The second kappa shape index (κ2) is 6.80. The van der Waals surface area contributed by atoms with Crippen LogP contribution < -0.4 is 10.6 Å². The van der Waals surface area contributed by atoms with E-state index in [1.807, 2.05) is 5.32 Å². The SMILES string of the molecule is O=C(N[C@H]([C@H]1CCNC1)C(F)(F)F)OCc1ccccc1. The van der Waals surface area contributed by atoms with Gasteiger partial charge in [-0.2, -0.15) is 13.2 Å². The number of ether oxygens (including phenoxy) is 1. The lowest BCUT2D eigenvalue weighted by molar-refractivity contribution is -0.164. The van der Waals surface area contributed by atoms with Crippen LogP contribution in [0.25, 0.3) is 0 Å². The standard InChI is InChI=1S/C14H17F3N2O2/c15-14(16,17)12(11-6-7-18-8-11)19-13(20)21-9-10-4-2-1-3-5-10/h1-5,11-12,18H,6-9H2,(H,19,20)/t11-,12+/m0/s1. The number of hydrogen-bond donors (Lipinski definition) is 2. The first-order valence-corrected chi connectivity index (χ1v) is 6.71. The molecule has 1 saturated heterocycles. The molecular formula is C14H17F3N2O2. The Hall–Kier alpha value is -1.76. The minimum atomic E-state index is -4.48. The highest BCUT2D eigenvalue weighted by atomic mass is 19.4. The topological polar surface area (TPSA) is 50.4 Å². The number of rotatable bonds is 4. The van der Waals surface area contributed by atoms with Gasteiger partial charge in [0.25, 0.3) is 0 Å². The van der Waals surface area contributed by atoms with E-state index in [1.165, 1.54) is 0 Å². The molecule has 4 nitrogen and oxygen atoms in total. The molecule has 1 heterocycles. The van der Waals surface area contributed by atoms with E-state index >= 15 is 0 Å². The van der Waals surface area contributed by atoms with Crippen molar-refractivity contribution in [3.8, 4) is 0 Å². The van der Waals surface area contributed by atoms with Crippen molar-refractivity contribution in [2.75, 3.05) is 13.1 Å². The quantitative estimate of drug-likeness (QED) is 0.898. The molecule has 7 heteroatoms. The van der Waals surface area contributed by atoms with Crippen molar-refractivity contribution in [2.45, 2.75) is 25.2 Å². The highest BCUT2D eigenvalue weighted by Crippen LogP contribution is 2.28. The van der Waals surface area contributed by atoms with Gasteiger partial charge in [-0.05, 0) is 18.5 Å². The Morgan fingerprint density at radius 3 is 2.67 bits per heavy atom. The van der Waals surface area contributed by atoms with Gasteiger partial charge in [-0.25, -0.2) is 4.79 Å². The second-order valence-corrected chi connectivity index (χ2v) is 4.98. The lowest BCUT2D eigenvalue weighted by atomic mass is 9.98. The third-order valence-electron chi connectivity index (χ3n) is 3.41. The Morgan fingerprint density at radius 1 is 1.38 bits per heavy atom. The second-order valence-electron chi connectivity index (χ2n) is 4.98. The Kier molecular flexibility index (Phi) is 5.06. The largest absolute Gasteiger partial charge is 0.445 e. The highest BCUT2D eigenvalue weighted by molar-refractivity contribution is 5.67. The molecule has 0 spiro atoms. The summed E-state index contributed by atoms with van der Waals surface area (Å²) >= 11 is 0. The van der Waals surface area contributed by atoms with Crippen LogP contribution in [0.2, 0.25) is 0 Å². The summed E-state index contributed by atoms with van der Waals surface area (Å²) in [6.07, 6.45) is -5.15. The summed E-state index contributed by atoms with van der Waals surface area (Å²) in [5.74, 6) is -0.658. The summed E-state index contributed by atoms with van der Waals surface area (Å²) in [4.78, 5) is 11.6. The first-order valence-electron chi connectivity index (χ1n) is 6.71. The summed E-state index contributed by atoms with van der Waals surface area (Å²) in [6.45, 7) is 0.710. The molecule has 1 aliphatic rings. The minimum absolute atomic E-state index is 0.0554. The number of hydrogen-bond acceptors (Lipinski definition) is 3. The maximum absolute atomic E-state index is 13.0. The lowest BCUT2D eigenvalue weighted by Gasteiger charge is -2.26. The number of halogens is 3. The molecule has 0 bridgehead atoms. The molecule has 1 fully saturated rings. The van der Waals surface area contributed by atoms with E-state index in [9.17, 15) is 18.0 Å². The van der Waals surface area contributed by atoms with Crippen LogP contribution in [-0.4, -0.2) is 31.4 Å². The summed E-state index contributed by atoms with van der Waals surface area (Å²) in [7, 11) is 0. The minimum Gasteiger partial charge on any atom is -0.445 e. The Bertz CT molecular complexity index is 459. The molecule has 0 unspecified atom stereocenters. The number of carbonyl (C=O) groups excluding carboxylic acids is 1. The molecular weight excluding hydrogens is 285 g/mol. The average molecular weight is 302 g/mol. The van der Waals surface area contributed by atoms with E-state index < -0.39 is 24.2 Å². The number of alkyl carbamates (subject to hydrolysis) is 1. The van der Waals surface area contributed by atoms with Gasteiger partial charge in [0, 0.05) is 12.5 Å². The van der Waals surface area contributed by atoms with Crippen molar-refractivity contribution in [1.29, 1.82) is 0 Å². The first-order chi connectivity index (χ1) is 9.97. The third-order valence-corrected chi connectivity index (χ3v) is 3.41. The maximum Gasteiger partial charge on any atom is 0.409 e. The number of benzene rings is 1. The van der Waals surface area contributed by atoms with Gasteiger partial charge in [0.2, 0.25) is 0 Å². The summed E-state index contributed by atoms with van der Waals surface area (Å²) in [5.41, 5.74) is 0.721. The fourth-order valence-corrected chi connectivity index (χ4v) is 2.32. The molecule has 116 valence electrons. The molecule has 1 amide bonds. The summed E-state index contributed by atoms with van der Waals surface area (Å²) in [5, 5.41) is 4.81. The molecule has 2 N–H and O–H groups in total. The zero-order valence-corrected chi connectivity index (χ0v) is 11.3. The van der Waals surface area contributed by atoms with Crippen LogP contribution in [-0.2, 0) is 11.3 Å². The van der Waals surface area contributed by atoms with Crippen molar-refractivity contribution in [1.82, 2.24) is 10.6 Å². The fraction of sp³-hybridized carbons (Fsp3) is 0.500. The summed E-state index contributed by atoms with van der Waals surface area (Å²) < 4.78 is 43.8. The van der Waals surface area contributed by atoms with Gasteiger partial charge < -0.3 is 15.4 Å². The van der Waals surface area contributed by atoms with Crippen LogP contribution >= 0.6 is 0 Å². The Labute approximate surface area is 120 Å². The van der Waals surface area contributed by atoms with Gasteiger partial charge in [-0.3, -0.25) is 0 Å². The van der Waals surface area contributed by atoms with Crippen LogP contribution in [0.3, 0.4) is 0 Å². The van der Waals surface area contributed by atoms with E-state index in [0.29, 0.717) is 13.0 Å². The smallest absolute Gasteiger partial charge is 0.409 e. The van der Waals surface area contributed by atoms with E-state index in [4.69, 9.17) is 4.74 Å². The molecule has 21 heavy (non-hydrogen) atoms. The number of alkyl halides is 3. The zero-order valence-electron chi connectivity index (χ0n) is 11.3. The molecule has 0 radical (unpaired) electrons. The van der Waals surface area contributed by atoms with E-state index in [1.54, 1.807) is 30.3 Å². The molecule has 0 aromatic heterocycles. The summed E-state index contributed by atoms with van der Waals surface area (Å²) in [6, 6.07) is 6.91. The molecule has 1 aromatic carbocycles. The van der Waals surface area contributed by atoms with Crippen molar-refractivity contribution >= 4 is 6.09 Å².